The van der Waals surface area contributed by atoms with Crippen LogP contribution in [0.4, 0.5) is 0 Å². The summed E-state index contributed by atoms with van der Waals surface area (Å²) in [7, 11) is 0. The molecule has 1 N–H and O–H groups in total. The van der Waals surface area contributed by atoms with Crippen LogP contribution in [0.5, 0.6) is 0 Å². The van der Waals surface area contributed by atoms with Crippen molar-refractivity contribution in [1.82, 2.24) is 5.09 Å². The largest absolute Gasteiger partial charge is 0.275 e. The number of hydrogen-bond donors (Lipinski definition) is 1. The second kappa shape index (κ2) is 4.95. The highest BCUT2D eigenvalue weighted by Gasteiger charge is 2.12. The van der Waals surface area contributed by atoms with Crippen LogP contribution < -0.4 is 5.09 Å². The Kier molecular flexibility index (Phi) is 5.54. The van der Waals surface area contributed by atoms with Crippen LogP contribution in [-0.2, 0) is 11.8 Å². The maximum Gasteiger partial charge on any atom is 0.0975 e. The summed E-state index contributed by atoms with van der Waals surface area (Å²) >= 11 is 16.6. The molecular weight excluding hydrogens is 208 g/mol. The number of halogens is 2. The van der Waals surface area contributed by atoms with E-state index in [1.54, 1.807) is 0 Å². The van der Waals surface area contributed by atoms with E-state index in [1.807, 2.05) is 13.8 Å². The average molecular weight is 220 g/mol. The van der Waals surface area contributed by atoms with Crippen LogP contribution in [0.1, 0.15) is 13.8 Å². The molecule has 0 aromatic rings. The first-order valence-electron chi connectivity index (χ1n) is 3.10. The molecule has 0 aliphatic heterocycles. The highest BCUT2D eigenvalue weighted by Crippen LogP contribution is 2.47. The summed E-state index contributed by atoms with van der Waals surface area (Å²) in [5.74, 6) is 0.542. The zero-order chi connectivity index (χ0) is 8.20. The first-order valence-corrected chi connectivity index (χ1v) is 7.53. The van der Waals surface area contributed by atoms with Gasteiger partial charge < -0.3 is 0 Å². The lowest BCUT2D eigenvalue weighted by Crippen LogP contribution is -2.18. The molecule has 0 aliphatic rings. The molecule has 0 aromatic carbocycles. The minimum atomic E-state index is -1.83. The highest BCUT2D eigenvalue weighted by atomic mass is 35.7. The fourth-order valence-electron chi connectivity index (χ4n) is 0.559. The first kappa shape index (κ1) is 11.2. The van der Waals surface area contributed by atoms with Gasteiger partial charge in [0.2, 0.25) is 0 Å². The van der Waals surface area contributed by atoms with Crippen LogP contribution in [0.15, 0.2) is 0 Å². The molecule has 0 spiro atoms. The molecule has 0 saturated heterocycles. The van der Waals surface area contributed by atoms with Crippen molar-refractivity contribution in [2.24, 2.45) is 0 Å². The Hall–Kier alpha value is 1.19. The molecule has 1 nitrogen and oxygen atoms in total. The van der Waals surface area contributed by atoms with E-state index in [2.05, 4.69) is 5.09 Å². The summed E-state index contributed by atoms with van der Waals surface area (Å²) < 4.78 is 0. The topological polar surface area (TPSA) is 12.0 Å². The summed E-state index contributed by atoms with van der Waals surface area (Å²) in [5, 5.41) is 3.13. The molecule has 0 aliphatic carbocycles. The third-order valence-corrected chi connectivity index (χ3v) is 4.64. The van der Waals surface area contributed by atoms with Gasteiger partial charge in [-0.05, 0) is 13.8 Å². The van der Waals surface area contributed by atoms with Gasteiger partial charge in [-0.15, -0.1) is 11.6 Å². The van der Waals surface area contributed by atoms with E-state index >= 15 is 0 Å². The lowest BCUT2D eigenvalue weighted by molar-refractivity contribution is 0.763. The number of alkyl halides is 1. The number of rotatable bonds is 4. The Morgan fingerprint density at radius 3 is 2.40 bits per heavy atom. The van der Waals surface area contributed by atoms with Crippen molar-refractivity contribution in [2.45, 2.75) is 19.9 Å². The van der Waals surface area contributed by atoms with Crippen molar-refractivity contribution in [3.63, 3.8) is 0 Å². The summed E-state index contributed by atoms with van der Waals surface area (Å²) in [5.41, 5.74) is -1.83. The zero-order valence-corrected chi connectivity index (χ0v) is 9.33. The standard InChI is InChI=1S/C5H12Cl2NPS/c1-5(2)8-9(7,10)4-3-6/h5H,3-4H2,1-2H3,(H,8,10). The van der Waals surface area contributed by atoms with Crippen LogP contribution in [0.25, 0.3) is 0 Å². The Bertz CT molecular complexity index is 140. The van der Waals surface area contributed by atoms with Crippen LogP contribution in [0.3, 0.4) is 0 Å². The SMILES string of the molecule is CC(C)NP(=S)(Cl)CCCl. The predicted octanol–water partition coefficient (Wildman–Crippen LogP) is 2.77. The highest BCUT2D eigenvalue weighted by molar-refractivity contribution is 8.26. The van der Waals surface area contributed by atoms with E-state index in [-0.39, 0.29) is 0 Å². The van der Waals surface area contributed by atoms with E-state index in [4.69, 9.17) is 34.6 Å². The molecule has 10 heavy (non-hydrogen) atoms. The monoisotopic (exact) mass is 219 g/mol. The molecule has 0 saturated carbocycles. The van der Waals surface area contributed by atoms with Gasteiger partial charge in [-0.25, -0.2) is 0 Å². The van der Waals surface area contributed by atoms with Crippen LogP contribution >= 0.6 is 28.4 Å². The van der Waals surface area contributed by atoms with Crippen molar-refractivity contribution >= 4 is 40.2 Å². The minimum Gasteiger partial charge on any atom is -0.275 e. The van der Waals surface area contributed by atoms with Crippen molar-refractivity contribution in [3.8, 4) is 0 Å². The first-order chi connectivity index (χ1) is 4.48. The van der Waals surface area contributed by atoms with Crippen molar-refractivity contribution < 1.29 is 0 Å². The molecule has 0 aromatic heterocycles. The van der Waals surface area contributed by atoms with E-state index in [0.29, 0.717) is 18.1 Å². The molecule has 0 rings (SSSR count). The molecule has 5 heteroatoms. The van der Waals surface area contributed by atoms with E-state index < -0.39 is 5.54 Å². The third-order valence-electron chi connectivity index (χ3n) is 0.823. The summed E-state index contributed by atoms with van der Waals surface area (Å²) in [4.78, 5) is 0. The molecule has 0 radical (unpaired) electrons. The second-order valence-corrected chi connectivity index (χ2v) is 8.94. The molecule has 62 valence electrons. The summed E-state index contributed by atoms with van der Waals surface area (Å²) in [6.45, 7) is 4.05. The molecule has 1 unspecified atom stereocenters. The Labute approximate surface area is 77.3 Å². The van der Waals surface area contributed by atoms with E-state index in [9.17, 15) is 0 Å². The molecule has 1 atom stereocenters. The molecular formula is C5H12Cl2NPS. The Morgan fingerprint density at radius 1 is 1.60 bits per heavy atom. The molecule has 0 fully saturated rings. The second-order valence-electron chi connectivity index (χ2n) is 2.35. The Morgan fingerprint density at radius 2 is 2.10 bits per heavy atom. The van der Waals surface area contributed by atoms with E-state index in [0.717, 1.165) is 0 Å². The van der Waals surface area contributed by atoms with Gasteiger partial charge >= 0.3 is 0 Å². The van der Waals surface area contributed by atoms with Gasteiger partial charge in [0, 0.05) is 18.1 Å². The predicted molar refractivity (Wildman–Crippen MR) is 54.0 cm³/mol. The van der Waals surface area contributed by atoms with Gasteiger partial charge in [0.1, 0.15) is 0 Å². The van der Waals surface area contributed by atoms with Crippen molar-refractivity contribution in [3.05, 3.63) is 0 Å². The van der Waals surface area contributed by atoms with Crippen LogP contribution in [0, 0.1) is 0 Å². The minimum absolute atomic E-state index is 0.353. The van der Waals surface area contributed by atoms with Gasteiger partial charge in [0.15, 0.2) is 0 Å². The quantitative estimate of drug-likeness (QED) is 0.577. The van der Waals surface area contributed by atoms with Gasteiger partial charge in [0.05, 0.1) is 5.54 Å². The zero-order valence-electron chi connectivity index (χ0n) is 6.10. The number of hydrogen-bond acceptors (Lipinski definition) is 1. The van der Waals surface area contributed by atoms with Crippen LogP contribution in [-0.4, -0.2) is 18.1 Å². The molecule has 0 amide bonds. The Balaban J connectivity index is 3.75. The number of nitrogens with one attached hydrogen (secondary N) is 1. The summed E-state index contributed by atoms with van der Waals surface area (Å²) in [6, 6.07) is 0.353. The summed E-state index contributed by atoms with van der Waals surface area (Å²) in [6.07, 6.45) is 0.712. The normalized spacial score (nSPS) is 17.3. The fourth-order valence-corrected chi connectivity index (χ4v) is 4.74. The average Bonchev–Trinajstić information content (AvgIpc) is 1.59. The van der Waals surface area contributed by atoms with E-state index in [1.165, 1.54) is 0 Å². The smallest absolute Gasteiger partial charge is 0.0975 e. The maximum absolute atomic E-state index is 5.96. The fraction of sp³-hybridized carbons (Fsp3) is 1.00. The van der Waals surface area contributed by atoms with Gasteiger partial charge in [0.25, 0.3) is 0 Å². The van der Waals surface area contributed by atoms with Gasteiger partial charge in [-0.1, -0.05) is 23.0 Å². The maximum atomic E-state index is 5.96. The lowest BCUT2D eigenvalue weighted by atomic mass is 10.4. The van der Waals surface area contributed by atoms with Crippen molar-refractivity contribution in [1.29, 1.82) is 0 Å². The lowest BCUT2D eigenvalue weighted by Gasteiger charge is -2.17. The van der Waals surface area contributed by atoms with Crippen LogP contribution in [0.2, 0.25) is 0 Å². The molecule has 0 bridgehead atoms. The molecule has 0 heterocycles. The van der Waals surface area contributed by atoms with Crippen molar-refractivity contribution in [2.75, 3.05) is 12.0 Å². The third kappa shape index (κ3) is 5.94. The van der Waals surface area contributed by atoms with Gasteiger partial charge in [-0.2, -0.15) is 0 Å². The van der Waals surface area contributed by atoms with Gasteiger partial charge in [-0.3, -0.25) is 5.09 Å².